The molecule has 0 spiro atoms. The van der Waals surface area contributed by atoms with Crippen molar-refractivity contribution in [1.82, 2.24) is 4.72 Å². The highest BCUT2D eigenvalue weighted by Gasteiger charge is 2.20. The lowest BCUT2D eigenvalue weighted by Gasteiger charge is -2.15. The Labute approximate surface area is 154 Å². The second-order valence-electron chi connectivity index (χ2n) is 5.98. The molecule has 2 aromatic carbocycles. The molecule has 0 atom stereocenters. The molecule has 26 heavy (non-hydrogen) atoms. The second kappa shape index (κ2) is 8.07. The summed E-state index contributed by atoms with van der Waals surface area (Å²) in [6.45, 7) is 3.40. The Bertz CT molecular complexity index is 956. The molecule has 0 saturated carbocycles. The van der Waals surface area contributed by atoms with Crippen LogP contribution in [0.15, 0.2) is 53.4 Å². The fraction of sp³-hybridized carbons (Fsp3) is 0.294. The van der Waals surface area contributed by atoms with Gasteiger partial charge in [-0.25, -0.2) is 21.6 Å². The van der Waals surface area contributed by atoms with Crippen LogP contribution in [0.5, 0.6) is 5.75 Å². The number of benzene rings is 2. The van der Waals surface area contributed by atoms with Gasteiger partial charge in [0.15, 0.2) is 0 Å². The van der Waals surface area contributed by atoms with Crippen LogP contribution in [0.1, 0.15) is 19.4 Å². The molecule has 0 aliphatic rings. The van der Waals surface area contributed by atoms with Crippen LogP contribution in [0.4, 0.5) is 5.69 Å². The molecule has 9 heteroatoms. The van der Waals surface area contributed by atoms with Gasteiger partial charge in [-0.2, -0.15) is 0 Å². The normalized spacial score (nSPS) is 12.2. The van der Waals surface area contributed by atoms with Gasteiger partial charge in [-0.1, -0.05) is 30.3 Å². The van der Waals surface area contributed by atoms with Crippen LogP contribution in [0, 0.1) is 0 Å². The summed E-state index contributed by atoms with van der Waals surface area (Å²) < 4.78 is 59.5. The zero-order chi connectivity index (χ0) is 19.4. The number of ether oxygens (including phenoxy) is 1. The van der Waals surface area contributed by atoms with Gasteiger partial charge in [-0.15, -0.1) is 0 Å². The maximum Gasteiger partial charge on any atom is 0.240 e. The van der Waals surface area contributed by atoms with Crippen LogP contribution in [0.3, 0.4) is 0 Å². The fourth-order valence-corrected chi connectivity index (χ4v) is 4.78. The maximum atomic E-state index is 12.4. The molecule has 7 nitrogen and oxygen atoms in total. The van der Waals surface area contributed by atoms with Gasteiger partial charge in [0.1, 0.15) is 5.75 Å². The highest BCUT2D eigenvalue weighted by atomic mass is 32.2. The number of anilines is 1. The molecule has 0 heterocycles. The highest BCUT2D eigenvalue weighted by Crippen LogP contribution is 2.29. The van der Waals surface area contributed by atoms with Crippen LogP contribution in [0.2, 0.25) is 0 Å². The summed E-state index contributed by atoms with van der Waals surface area (Å²) in [5.74, 6) is -0.0109. The highest BCUT2D eigenvalue weighted by molar-refractivity contribution is 7.92. The number of methoxy groups -OCH3 is 1. The molecule has 0 amide bonds. The van der Waals surface area contributed by atoms with Gasteiger partial charge in [0, 0.05) is 6.04 Å². The smallest absolute Gasteiger partial charge is 0.240 e. The maximum absolute atomic E-state index is 12.4. The Balaban J connectivity index is 2.34. The van der Waals surface area contributed by atoms with E-state index in [-0.39, 0.29) is 28.1 Å². The van der Waals surface area contributed by atoms with Crippen molar-refractivity contribution in [1.29, 1.82) is 0 Å². The van der Waals surface area contributed by atoms with Crippen molar-refractivity contribution in [2.24, 2.45) is 0 Å². The lowest BCUT2D eigenvalue weighted by molar-refractivity contribution is 0.416. The van der Waals surface area contributed by atoms with E-state index in [0.717, 1.165) is 0 Å². The molecule has 2 aromatic rings. The Morgan fingerprint density at radius 3 is 2.23 bits per heavy atom. The van der Waals surface area contributed by atoms with E-state index < -0.39 is 20.0 Å². The van der Waals surface area contributed by atoms with Gasteiger partial charge in [-0.3, -0.25) is 4.72 Å². The third-order valence-electron chi connectivity index (χ3n) is 3.34. The summed E-state index contributed by atoms with van der Waals surface area (Å²) in [4.78, 5) is -0.0515. The number of hydrogen-bond donors (Lipinski definition) is 2. The molecule has 0 unspecified atom stereocenters. The molecular weight excluding hydrogens is 376 g/mol. The molecule has 0 saturated heterocycles. The Morgan fingerprint density at radius 2 is 1.65 bits per heavy atom. The van der Waals surface area contributed by atoms with E-state index in [2.05, 4.69) is 9.44 Å². The number of hydrogen-bond acceptors (Lipinski definition) is 5. The van der Waals surface area contributed by atoms with Gasteiger partial charge in [0.05, 0.1) is 23.4 Å². The van der Waals surface area contributed by atoms with E-state index >= 15 is 0 Å². The average Bonchev–Trinajstić information content (AvgIpc) is 2.53. The van der Waals surface area contributed by atoms with Crippen molar-refractivity contribution in [2.45, 2.75) is 30.5 Å². The molecule has 0 aliphatic heterocycles. The predicted molar refractivity (Wildman–Crippen MR) is 101 cm³/mol. The average molecular weight is 399 g/mol. The number of rotatable bonds is 8. The standard InChI is InChI=1S/C17H22N2O5S2/c1-13(2)18-26(22,23)15-9-10-17(24-3)16(11-15)19-25(20,21)12-14-7-5-4-6-8-14/h4-11,13,18-19H,12H2,1-3H3. The van der Waals surface area contributed by atoms with E-state index in [1.165, 1.54) is 25.3 Å². The van der Waals surface area contributed by atoms with Crippen molar-refractivity contribution in [3.8, 4) is 5.75 Å². The van der Waals surface area contributed by atoms with Crippen molar-refractivity contribution < 1.29 is 21.6 Å². The summed E-state index contributed by atoms with van der Waals surface area (Å²) >= 11 is 0. The van der Waals surface area contributed by atoms with E-state index in [4.69, 9.17) is 4.74 Å². The van der Waals surface area contributed by atoms with Crippen LogP contribution >= 0.6 is 0 Å². The first-order valence-corrected chi connectivity index (χ1v) is 11.0. The lowest BCUT2D eigenvalue weighted by atomic mass is 10.2. The first-order chi connectivity index (χ1) is 12.1. The summed E-state index contributed by atoms with van der Waals surface area (Å²) in [6, 6.07) is 12.4. The van der Waals surface area contributed by atoms with Gasteiger partial charge >= 0.3 is 0 Å². The minimum Gasteiger partial charge on any atom is -0.495 e. The third-order valence-corrected chi connectivity index (χ3v) is 6.24. The minimum absolute atomic E-state index is 0.0515. The first kappa shape index (κ1) is 20.2. The summed E-state index contributed by atoms with van der Waals surface area (Å²) in [7, 11) is -6.13. The van der Waals surface area contributed by atoms with Gasteiger partial charge in [0.2, 0.25) is 20.0 Å². The van der Waals surface area contributed by atoms with E-state index in [0.29, 0.717) is 5.56 Å². The van der Waals surface area contributed by atoms with Gasteiger partial charge in [0.25, 0.3) is 0 Å². The largest absolute Gasteiger partial charge is 0.495 e. The van der Waals surface area contributed by atoms with E-state index in [1.54, 1.807) is 44.2 Å². The quantitative estimate of drug-likeness (QED) is 0.711. The molecule has 0 aromatic heterocycles. The molecule has 2 N–H and O–H groups in total. The fourth-order valence-electron chi connectivity index (χ4n) is 2.31. The third kappa shape index (κ3) is 5.45. The molecule has 2 rings (SSSR count). The second-order valence-corrected chi connectivity index (χ2v) is 9.42. The SMILES string of the molecule is COc1ccc(S(=O)(=O)NC(C)C)cc1NS(=O)(=O)Cc1ccccc1. The predicted octanol–water partition coefficient (Wildman–Crippen LogP) is 2.32. The van der Waals surface area contributed by atoms with Crippen LogP contribution in [-0.4, -0.2) is 30.0 Å². The van der Waals surface area contributed by atoms with E-state index in [1.807, 2.05) is 0 Å². The van der Waals surface area contributed by atoms with Crippen LogP contribution < -0.4 is 14.2 Å². The van der Waals surface area contributed by atoms with Crippen LogP contribution in [0.25, 0.3) is 0 Å². The van der Waals surface area contributed by atoms with Gasteiger partial charge in [-0.05, 0) is 37.6 Å². The summed E-state index contributed by atoms with van der Waals surface area (Å²) in [5.41, 5.74) is 0.680. The minimum atomic E-state index is -3.76. The summed E-state index contributed by atoms with van der Waals surface area (Å²) in [6.07, 6.45) is 0. The molecule has 142 valence electrons. The van der Waals surface area contributed by atoms with Crippen molar-refractivity contribution >= 4 is 25.7 Å². The molecule has 0 fully saturated rings. The zero-order valence-electron chi connectivity index (χ0n) is 14.8. The molecule has 0 aliphatic carbocycles. The van der Waals surface area contributed by atoms with E-state index in [9.17, 15) is 16.8 Å². The van der Waals surface area contributed by atoms with Crippen molar-refractivity contribution in [3.05, 3.63) is 54.1 Å². The topological polar surface area (TPSA) is 102 Å². The first-order valence-electron chi connectivity index (χ1n) is 7.88. The van der Waals surface area contributed by atoms with Crippen molar-refractivity contribution in [2.75, 3.05) is 11.8 Å². The molecular formula is C17H22N2O5S2. The Morgan fingerprint density at radius 1 is 1.00 bits per heavy atom. The number of nitrogens with one attached hydrogen (secondary N) is 2. The van der Waals surface area contributed by atoms with Crippen molar-refractivity contribution in [3.63, 3.8) is 0 Å². The Hall–Kier alpha value is -2.10. The molecule has 0 radical (unpaired) electrons. The zero-order valence-corrected chi connectivity index (χ0v) is 16.4. The van der Waals surface area contributed by atoms with Gasteiger partial charge < -0.3 is 4.74 Å². The summed E-state index contributed by atoms with van der Waals surface area (Å²) in [5, 5.41) is 0. The lowest BCUT2D eigenvalue weighted by Crippen LogP contribution is -2.30. The Kier molecular flexibility index (Phi) is 6.27. The monoisotopic (exact) mass is 398 g/mol. The van der Waals surface area contributed by atoms with Crippen LogP contribution in [-0.2, 0) is 25.8 Å². The number of sulfonamides is 2. The molecule has 0 bridgehead atoms.